The summed E-state index contributed by atoms with van der Waals surface area (Å²) in [5.41, 5.74) is 0.734. The first-order valence-corrected chi connectivity index (χ1v) is 7.32. The number of halogens is 1. The first-order chi connectivity index (χ1) is 9.37. The van der Waals surface area contributed by atoms with Crippen molar-refractivity contribution in [2.75, 3.05) is 13.1 Å². The lowest BCUT2D eigenvalue weighted by Gasteiger charge is -2.23. The normalized spacial score (nSPS) is 18.8. The Morgan fingerprint density at radius 3 is 2.80 bits per heavy atom. The summed E-state index contributed by atoms with van der Waals surface area (Å²) in [4.78, 5) is 26.0. The second-order valence-electron chi connectivity index (χ2n) is 6.16. The summed E-state index contributed by atoms with van der Waals surface area (Å²) in [7, 11) is 0. The van der Waals surface area contributed by atoms with E-state index >= 15 is 0 Å². The molecule has 1 saturated heterocycles. The molecule has 1 aliphatic rings. The van der Waals surface area contributed by atoms with Crippen LogP contribution in [0.15, 0.2) is 24.3 Å². The zero-order valence-electron chi connectivity index (χ0n) is 12.0. The van der Waals surface area contributed by atoms with Gasteiger partial charge < -0.3 is 4.90 Å². The fourth-order valence-corrected chi connectivity index (χ4v) is 2.57. The predicted molar refractivity (Wildman–Crippen MR) is 80.0 cm³/mol. The molecular formula is C16H20ClNO2. The van der Waals surface area contributed by atoms with Crippen LogP contribution in [0.4, 0.5) is 0 Å². The second kappa shape index (κ2) is 5.96. The molecule has 0 atom stereocenters. The maximum Gasteiger partial charge on any atom is 0.222 e. The summed E-state index contributed by atoms with van der Waals surface area (Å²) >= 11 is 5.89. The number of carbonyl (C=O) groups is 2. The van der Waals surface area contributed by atoms with Gasteiger partial charge in [-0.1, -0.05) is 37.6 Å². The van der Waals surface area contributed by atoms with Crippen LogP contribution in [0.1, 0.15) is 43.5 Å². The summed E-state index contributed by atoms with van der Waals surface area (Å²) in [5.74, 6) is 0.0199. The third-order valence-electron chi connectivity index (χ3n) is 3.91. The smallest absolute Gasteiger partial charge is 0.222 e. The highest BCUT2D eigenvalue weighted by atomic mass is 35.5. The van der Waals surface area contributed by atoms with Crippen LogP contribution in [0.3, 0.4) is 0 Å². The topological polar surface area (TPSA) is 37.4 Å². The molecule has 108 valence electrons. The Bertz CT molecular complexity index is 525. The highest BCUT2D eigenvalue weighted by Crippen LogP contribution is 2.30. The average Bonchev–Trinajstić information content (AvgIpc) is 2.52. The largest absolute Gasteiger partial charge is 0.335 e. The van der Waals surface area contributed by atoms with E-state index in [0.717, 1.165) is 12.8 Å². The van der Waals surface area contributed by atoms with Gasteiger partial charge in [-0.2, -0.15) is 0 Å². The Balaban J connectivity index is 2.05. The molecule has 0 aliphatic carbocycles. The molecule has 0 bridgehead atoms. The van der Waals surface area contributed by atoms with E-state index < -0.39 is 0 Å². The number of ketones is 1. The molecule has 1 aliphatic heterocycles. The van der Waals surface area contributed by atoms with Crippen LogP contribution >= 0.6 is 11.6 Å². The lowest BCUT2D eigenvalue weighted by molar-refractivity contribution is -0.130. The van der Waals surface area contributed by atoms with Crippen molar-refractivity contribution in [1.29, 1.82) is 0 Å². The number of amides is 1. The first-order valence-electron chi connectivity index (χ1n) is 6.94. The average molecular weight is 294 g/mol. The molecule has 0 N–H and O–H groups in total. The zero-order valence-corrected chi connectivity index (χ0v) is 12.7. The Kier molecular flexibility index (Phi) is 4.48. The summed E-state index contributed by atoms with van der Waals surface area (Å²) < 4.78 is 0. The van der Waals surface area contributed by atoms with Gasteiger partial charge in [0.2, 0.25) is 5.91 Å². The summed E-state index contributed by atoms with van der Waals surface area (Å²) in [6.07, 6.45) is 2.34. The second-order valence-corrected chi connectivity index (χ2v) is 6.60. The van der Waals surface area contributed by atoms with Crippen molar-refractivity contribution >= 4 is 23.3 Å². The highest BCUT2D eigenvalue weighted by Gasteiger charge is 2.28. The predicted octanol–water partition coefficient (Wildman–Crippen LogP) is 3.56. The van der Waals surface area contributed by atoms with Gasteiger partial charge in [-0.05, 0) is 30.4 Å². The van der Waals surface area contributed by atoms with Crippen molar-refractivity contribution in [3.63, 3.8) is 0 Å². The molecule has 4 heteroatoms. The lowest BCUT2D eigenvalue weighted by Crippen LogP contribution is -2.35. The van der Waals surface area contributed by atoms with E-state index in [4.69, 9.17) is 11.6 Å². The molecule has 1 amide bonds. The van der Waals surface area contributed by atoms with Gasteiger partial charge in [0.25, 0.3) is 0 Å². The summed E-state index contributed by atoms with van der Waals surface area (Å²) in [5, 5.41) is 0.541. The molecule has 1 fully saturated rings. The molecule has 3 nitrogen and oxygen atoms in total. The molecule has 20 heavy (non-hydrogen) atoms. The van der Waals surface area contributed by atoms with E-state index in [2.05, 4.69) is 13.8 Å². The minimum absolute atomic E-state index is 0.0550. The van der Waals surface area contributed by atoms with Gasteiger partial charge in [-0.15, -0.1) is 0 Å². The molecule has 1 aromatic rings. The third kappa shape index (κ3) is 3.83. The van der Waals surface area contributed by atoms with Gasteiger partial charge in [-0.3, -0.25) is 9.59 Å². The van der Waals surface area contributed by atoms with E-state index in [1.54, 1.807) is 29.2 Å². The molecular weight excluding hydrogens is 274 g/mol. The molecule has 0 saturated carbocycles. The molecule has 0 radical (unpaired) electrons. The molecule has 0 unspecified atom stereocenters. The Labute approximate surface area is 124 Å². The minimum Gasteiger partial charge on any atom is -0.335 e. The van der Waals surface area contributed by atoms with Crippen molar-refractivity contribution in [1.82, 2.24) is 4.90 Å². The monoisotopic (exact) mass is 293 g/mol. The number of likely N-dealkylation sites (tertiary alicyclic amines) is 1. The summed E-state index contributed by atoms with van der Waals surface area (Å²) in [6, 6.07) is 6.87. The standard InChI is InChI=1S/C16H20ClNO2/c1-16(2)7-6-15(20)18(9-8-16)11-14(19)12-4-3-5-13(17)10-12/h3-5,10H,6-9,11H2,1-2H3. The van der Waals surface area contributed by atoms with Gasteiger partial charge in [0.05, 0.1) is 6.54 Å². The Hall–Kier alpha value is -1.35. The van der Waals surface area contributed by atoms with Crippen molar-refractivity contribution in [2.24, 2.45) is 5.41 Å². The van der Waals surface area contributed by atoms with Crippen LogP contribution in [-0.2, 0) is 4.79 Å². The number of hydrogen-bond acceptors (Lipinski definition) is 2. The van der Waals surface area contributed by atoms with Crippen LogP contribution in [0.2, 0.25) is 5.02 Å². The van der Waals surface area contributed by atoms with Crippen LogP contribution in [0.5, 0.6) is 0 Å². The Morgan fingerprint density at radius 1 is 1.35 bits per heavy atom. The number of carbonyl (C=O) groups excluding carboxylic acids is 2. The molecule has 0 spiro atoms. The van der Waals surface area contributed by atoms with Crippen LogP contribution in [0, 0.1) is 5.41 Å². The van der Waals surface area contributed by atoms with Gasteiger partial charge in [0, 0.05) is 23.6 Å². The van der Waals surface area contributed by atoms with E-state index in [9.17, 15) is 9.59 Å². The van der Waals surface area contributed by atoms with E-state index in [1.165, 1.54) is 0 Å². The fraction of sp³-hybridized carbons (Fsp3) is 0.500. The van der Waals surface area contributed by atoms with Crippen molar-refractivity contribution in [2.45, 2.75) is 33.1 Å². The van der Waals surface area contributed by atoms with Gasteiger partial charge >= 0.3 is 0 Å². The number of Topliss-reactive ketones (excluding diaryl/α,β-unsaturated/α-hetero) is 1. The van der Waals surface area contributed by atoms with Gasteiger partial charge in [-0.25, -0.2) is 0 Å². The highest BCUT2D eigenvalue weighted by molar-refractivity contribution is 6.31. The van der Waals surface area contributed by atoms with Gasteiger partial charge in [0.15, 0.2) is 5.78 Å². The fourth-order valence-electron chi connectivity index (χ4n) is 2.38. The third-order valence-corrected chi connectivity index (χ3v) is 4.14. The number of nitrogens with zero attached hydrogens (tertiary/aromatic N) is 1. The summed E-state index contributed by atoms with van der Waals surface area (Å²) in [6.45, 7) is 5.14. The SMILES string of the molecule is CC1(C)CCC(=O)N(CC(=O)c2cccc(Cl)c2)CC1. The molecule has 1 aromatic carbocycles. The van der Waals surface area contributed by atoms with E-state index in [0.29, 0.717) is 23.6 Å². The molecule has 0 aromatic heterocycles. The number of benzene rings is 1. The lowest BCUT2D eigenvalue weighted by atomic mass is 9.85. The Morgan fingerprint density at radius 2 is 2.10 bits per heavy atom. The van der Waals surface area contributed by atoms with E-state index in [-0.39, 0.29) is 23.7 Å². The molecule has 1 heterocycles. The van der Waals surface area contributed by atoms with Crippen molar-refractivity contribution in [3.8, 4) is 0 Å². The quantitative estimate of drug-likeness (QED) is 0.799. The van der Waals surface area contributed by atoms with Gasteiger partial charge in [0.1, 0.15) is 0 Å². The first kappa shape index (κ1) is 15.0. The van der Waals surface area contributed by atoms with E-state index in [1.807, 2.05) is 0 Å². The van der Waals surface area contributed by atoms with Crippen molar-refractivity contribution < 1.29 is 9.59 Å². The minimum atomic E-state index is -0.0550. The molecule has 2 rings (SSSR count). The van der Waals surface area contributed by atoms with Crippen LogP contribution in [-0.4, -0.2) is 29.7 Å². The van der Waals surface area contributed by atoms with Crippen LogP contribution in [0.25, 0.3) is 0 Å². The number of rotatable bonds is 3. The van der Waals surface area contributed by atoms with Crippen LogP contribution < -0.4 is 0 Å². The van der Waals surface area contributed by atoms with Crippen molar-refractivity contribution in [3.05, 3.63) is 34.9 Å². The number of hydrogen-bond donors (Lipinski definition) is 0. The maximum absolute atomic E-state index is 12.2. The maximum atomic E-state index is 12.2. The zero-order chi connectivity index (χ0) is 14.8.